The zero-order valence-corrected chi connectivity index (χ0v) is 9.69. The molecule has 1 aliphatic heterocycles. The molecule has 1 aliphatic rings. The van der Waals surface area contributed by atoms with Crippen LogP contribution in [0.3, 0.4) is 0 Å². The van der Waals surface area contributed by atoms with E-state index in [9.17, 15) is 4.79 Å². The summed E-state index contributed by atoms with van der Waals surface area (Å²) in [7, 11) is 0. The van der Waals surface area contributed by atoms with Gasteiger partial charge in [-0.2, -0.15) is 0 Å². The molecule has 1 aromatic heterocycles. The average Bonchev–Trinajstić information content (AvgIpc) is 2.28. The summed E-state index contributed by atoms with van der Waals surface area (Å²) in [6.45, 7) is 6.44. The number of carbonyl (C=O) groups excluding carboxylic acids is 1. The molecule has 0 bridgehead atoms. The molecule has 1 amide bonds. The standard InChI is InChI=1S/C12H16N2O2.CH4/c1-9-7-11(8-10(2)13-9)12(15)14-3-5-16-6-4-14;/h7-8H,3-6H2,1-2H3;1H4. The molecule has 4 heteroatoms. The fourth-order valence-corrected chi connectivity index (χ4v) is 1.91. The molecule has 0 saturated carbocycles. The third kappa shape index (κ3) is 3.27. The van der Waals surface area contributed by atoms with Crippen LogP contribution in [0.5, 0.6) is 0 Å². The van der Waals surface area contributed by atoms with E-state index in [2.05, 4.69) is 4.98 Å². The Balaban J connectivity index is 0.00000144. The molecule has 1 aromatic rings. The van der Waals surface area contributed by atoms with Gasteiger partial charge < -0.3 is 9.64 Å². The number of hydrogen-bond acceptors (Lipinski definition) is 3. The second-order valence-corrected chi connectivity index (χ2v) is 4.04. The van der Waals surface area contributed by atoms with Gasteiger partial charge in [0.15, 0.2) is 0 Å². The minimum Gasteiger partial charge on any atom is -0.378 e. The smallest absolute Gasteiger partial charge is 0.254 e. The molecular formula is C13H20N2O2. The molecule has 2 heterocycles. The van der Waals surface area contributed by atoms with Crippen molar-refractivity contribution in [3.05, 3.63) is 29.1 Å². The van der Waals surface area contributed by atoms with Gasteiger partial charge in [-0.3, -0.25) is 9.78 Å². The van der Waals surface area contributed by atoms with E-state index >= 15 is 0 Å². The zero-order valence-electron chi connectivity index (χ0n) is 9.69. The molecule has 0 spiro atoms. The summed E-state index contributed by atoms with van der Waals surface area (Å²) in [4.78, 5) is 18.2. The fourth-order valence-electron chi connectivity index (χ4n) is 1.91. The van der Waals surface area contributed by atoms with Crippen LogP contribution >= 0.6 is 0 Å². The monoisotopic (exact) mass is 236 g/mol. The predicted octanol–water partition coefficient (Wildman–Crippen LogP) is 1.81. The first-order valence-corrected chi connectivity index (χ1v) is 5.49. The van der Waals surface area contributed by atoms with E-state index in [0.717, 1.165) is 17.0 Å². The predicted molar refractivity (Wildman–Crippen MR) is 67.2 cm³/mol. The van der Waals surface area contributed by atoms with Crippen LogP contribution in [0, 0.1) is 13.8 Å². The first-order valence-electron chi connectivity index (χ1n) is 5.49. The van der Waals surface area contributed by atoms with E-state index in [1.807, 2.05) is 30.9 Å². The lowest BCUT2D eigenvalue weighted by atomic mass is 10.1. The Labute approximate surface area is 103 Å². The van der Waals surface area contributed by atoms with E-state index in [0.29, 0.717) is 26.3 Å². The van der Waals surface area contributed by atoms with Crippen LogP contribution in [0.2, 0.25) is 0 Å². The molecule has 1 fully saturated rings. The lowest BCUT2D eigenvalue weighted by molar-refractivity contribution is 0.0302. The normalized spacial score (nSPS) is 15.3. The summed E-state index contributed by atoms with van der Waals surface area (Å²) in [6.07, 6.45) is 0. The third-order valence-corrected chi connectivity index (χ3v) is 2.63. The highest BCUT2D eigenvalue weighted by Gasteiger charge is 2.18. The first-order chi connectivity index (χ1) is 7.66. The van der Waals surface area contributed by atoms with Crippen molar-refractivity contribution in [2.45, 2.75) is 21.3 Å². The molecule has 0 unspecified atom stereocenters. The molecule has 94 valence electrons. The SMILES string of the molecule is C.Cc1cc(C(=O)N2CCOCC2)cc(C)n1. The van der Waals surface area contributed by atoms with Crippen molar-refractivity contribution in [1.29, 1.82) is 0 Å². The Morgan fingerprint density at radius 1 is 1.24 bits per heavy atom. The highest BCUT2D eigenvalue weighted by Crippen LogP contribution is 2.10. The molecule has 0 aliphatic carbocycles. The third-order valence-electron chi connectivity index (χ3n) is 2.63. The summed E-state index contributed by atoms with van der Waals surface area (Å²) in [5.41, 5.74) is 2.50. The number of carbonyl (C=O) groups is 1. The second-order valence-electron chi connectivity index (χ2n) is 4.04. The average molecular weight is 236 g/mol. The van der Waals surface area contributed by atoms with Crippen LogP contribution in [0.15, 0.2) is 12.1 Å². The molecule has 0 atom stereocenters. The van der Waals surface area contributed by atoms with Crippen LogP contribution in [-0.2, 0) is 4.74 Å². The van der Waals surface area contributed by atoms with Gasteiger partial charge in [-0.15, -0.1) is 0 Å². The molecule has 2 rings (SSSR count). The molecule has 0 N–H and O–H groups in total. The van der Waals surface area contributed by atoms with Crippen LogP contribution < -0.4 is 0 Å². The van der Waals surface area contributed by atoms with Crippen molar-refractivity contribution < 1.29 is 9.53 Å². The second kappa shape index (κ2) is 5.77. The van der Waals surface area contributed by atoms with Crippen LogP contribution in [0.25, 0.3) is 0 Å². The van der Waals surface area contributed by atoms with Gasteiger partial charge in [-0.05, 0) is 26.0 Å². The van der Waals surface area contributed by atoms with Crippen molar-refractivity contribution in [3.8, 4) is 0 Å². The van der Waals surface area contributed by atoms with Gasteiger partial charge in [0.2, 0.25) is 0 Å². The zero-order chi connectivity index (χ0) is 11.5. The highest BCUT2D eigenvalue weighted by atomic mass is 16.5. The molecular weight excluding hydrogens is 216 g/mol. The van der Waals surface area contributed by atoms with Crippen LogP contribution in [0.1, 0.15) is 29.2 Å². The number of ether oxygens (including phenoxy) is 1. The number of aryl methyl sites for hydroxylation is 2. The van der Waals surface area contributed by atoms with Gasteiger partial charge >= 0.3 is 0 Å². The maximum Gasteiger partial charge on any atom is 0.254 e. The van der Waals surface area contributed by atoms with Crippen molar-refractivity contribution in [2.75, 3.05) is 26.3 Å². The van der Waals surface area contributed by atoms with E-state index in [1.54, 1.807) is 0 Å². The van der Waals surface area contributed by atoms with Gasteiger partial charge in [0, 0.05) is 30.0 Å². The van der Waals surface area contributed by atoms with Crippen molar-refractivity contribution >= 4 is 5.91 Å². The lowest BCUT2D eigenvalue weighted by Gasteiger charge is -2.27. The summed E-state index contributed by atoms with van der Waals surface area (Å²) in [5, 5.41) is 0. The maximum absolute atomic E-state index is 12.1. The largest absolute Gasteiger partial charge is 0.378 e. The van der Waals surface area contributed by atoms with E-state index in [-0.39, 0.29) is 13.3 Å². The molecule has 17 heavy (non-hydrogen) atoms. The first kappa shape index (κ1) is 13.6. The Kier molecular flexibility index (Phi) is 4.63. The van der Waals surface area contributed by atoms with Gasteiger partial charge in [0.25, 0.3) is 5.91 Å². The Bertz CT molecular complexity index is 378. The summed E-state index contributed by atoms with van der Waals surface area (Å²) < 4.78 is 5.23. The van der Waals surface area contributed by atoms with E-state index in [1.165, 1.54) is 0 Å². The number of pyridine rings is 1. The van der Waals surface area contributed by atoms with Gasteiger partial charge in [0.05, 0.1) is 13.2 Å². The minimum absolute atomic E-state index is 0. The van der Waals surface area contributed by atoms with Gasteiger partial charge in [-0.25, -0.2) is 0 Å². The number of aromatic nitrogens is 1. The summed E-state index contributed by atoms with van der Waals surface area (Å²) in [6, 6.07) is 3.68. The van der Waals surface area contributed by atoms with E-state index in [4.69, 9.17) is 4.74 Å². The topological polar surface area (TPSA) is 42.4 Å². The van der Waals surface area contributed by atoms with Crippen molar-refractivity contribution in [1.82, 2.24) is 9.88 Å². The van der Waals surface area contributed by atoms with Gasteiger partial charge in [0.1, 0.15) is 0 Å². The summed E-state index contributed by atoms with van der Waals surface area (Å²) in [5.74, 6) is 0.0805. The lowest BCUT2D eigenvalue weighted by Crippen LogP contribution is -2.40. The highest BCUT2D eigenvalue weighted by molar-refractivity contribution is 5.94. The fraction of sp³-hybridized carbons (Fsp3) is 0.538. The number of rotatable bonds is 1. The summed E-state index contributed by atoms with van der Waals surface area (Å²) >= 11 is 0. The van der Waals surface area contributed by atoms with Crippen LogP contribution in [0.4, 0.5) is 0 Å². The number of morpholine rings is 1. The Morgan fingerprint density at radius 2 is 1.76 bits per heavy atom. The number of amides is 1. The van der Waals surface area contributed by atoms with E-state index < -0.39 is 0 Å². The molecule has 1 saturated heterocycles. The van der Waals surface area contributed by atoms with Crippen LogP contribution in [-0.4, -0.2) is 42.1 Å². The Hall–Kier alpha value is -1.42. The number of nitrogens with zero attached hydrogens (tertiary/aromatic N) is 2. The minimum atomic E-state index is 0. The molecule has 0 aromatic carbocycles. The van der Waals surface area contributed by atoms with Crippen molar-refractivity contribution in [2.24, 2.45) is 0 Å². The van der Waals surface area contributed by atoms with Gasteiger partial charge in [-0.1, -0.05) is 7.43 Å². The molecule has 4 nitrogen and oxygen atoms in total. The number of hydrogen-bond donors (Lipinski definition) is 0. The Morgan fingerprint density at radius 3 is 2.29 bits per heavy atom. The van der Waals surface area contributed by atoms with Crippen molar-refractivity contribution in [3.63, 3.8) is 0 Å². The maximum atomic E-state index is 12.1. The molecule has 0 radical (unpaired) electrons. The quantitative estimate of drug-likeness (QED) is 0.746.